The summed E-state index contributed by atoms with van der Waals surface area (Å²) >= 11 is 0. The van der Waals surface area contributed by atoms with Gasteiger partial charge >= 0.3 is 0 Å². The lowest BCUT2D eigenvalue weighted by molar-refractivity contribution is 0.0721. The van der Waals surface area contributed by atoms with Crippen LogP contribution in [0.3, 0.4) is 0 Å². The Hall–Kier alpha value is -2.20. The molecular weight excluding hydrogens is 254 g/mol. The van der Waals surface area contributed by atoms with Crippen LogP contribution in [0.5, 0.6) is 17.2 Å². The standard InChI is InChI=1S/C16H17NO3/c1-18-12-8-6-11(7-9-12)16(17)15-10-19-13-4-2-3-5-14(13)20-15/h2-9,15-16H,10,17H2,1H3. The van der Waals surface area contributed by atoms with E-state index in [0.717, 1.165) is 22.8 Å². The molecular formula is C16H17NO3. The van der Waals surface area contributed by atoms with Crippen LogP contribution in [0.25, 0.3) is 0 Å². The second kappa shape index (κ2) is 5.43. The van der Waals surface area contributed by atoms with Gasteiger partial charge in [0.1, 0.15) is 12.4 Å². The average molecular weight is 271 g/mol. The van der Waals surface area contributed by atoms with Gasteiger partial charge in [-0.25, -0.2) is 0 Å². The molecule has 1 aliphatic rings. The number of hydrogen-bond donors (Lipinski definition) is 1. The van der Waals surface area contributed by atoms with Gasteiger partial charge in [-0.3, -0.25) is 0 Å². The highest BCUT2D eigenvalue weighted by atomic mass is 16.6. The molecule has 0 radical (unpaired) electrons. The van der Waals surface area contributed by atoms with E-state index in [9.17, 15) is 0 Å². The molecule has 2 N–H and O–H groups in total. The van der Waals surface area contributed by atoms with Crippen molar-refractivity contribution in [2.45, 2.75) is 12.1 Å². The molecule has 0 amide bonds. The van der Waals surface area contributed by atoms with Gasteiger partial charge in [0.2, 0.25) is 0 Å². The molecule has 2 aromatic rings. The maximum Gasteiger partial charge on any atom is 0.161 e. The number of hydrogen-bond acceptors (Lipinski definition) is 4. The van der Waals surface area contributed by atoms with Gasteiger partial charge in [0.15, 0.2) is 17.6 Å². The van der Waals surface area contributed by atoms with E-state index < -0.39 is 0 Å². The van der Waals surface area contributed by atoms with Gasteiger partial charge in [0.25, 0.3) is 0 Å². The molecule has 0 aromatic heterocycles. The second-order valence-electron chi connectivity index (χ2n) is 4.71. The van der Waals surface area contributed by atoms with Crippen LogP contribution in [0.2, 0.25) is 0 Å². The molecule has 2 aromatic carbocycles. The van der Waals surface area contributed by atoms with Crippen LogP contribution in [0, 0.1) is 0 Å². The summed E-state index contributed by atoms with van der Waals surface area (Å²) in [6.45, 7) is 0.449. The molecule has 1 heterocycles. The summed E-state index contributed by atoms with van der Waals surface area (Å²) in [4.78, 5) is 0. The molecule has 0 saturated carbocycles. The third-order valence-electron chi connectivity index (χ3n) is 3.43. The molecule has 0 saturated heterocycles. The van der Waals surface area contributed by atoms with E-state index in [4.69, 9.17) is 19.9 Å². The van der Waals surface area contributed by atoms with Gasteiger partial charge in [-0.1, -0.05) is 24.3 Å². The third kappa shape index (κ3) is 2.42. The normalized spacial score (nSPS) is 18.4. The van der Waals surface area contributed by atoms with Crippen LogP contribution < -0.4 is 19.9 Å². The van der Waals surface area contributed by atoms with Crippen LogP contribution in [0.15, 0.2) is 48.5 Å². The molecule has 4 heteroatoms. The van der Waals surface area contributed by atoms with Crippen molar-refractivity contribution in [2.75, 3.05) is 13.7 Å². The number of fused-ring (bicyclic) bond motifs is 1. The maximum absolute atomic E-state index is 6.27. The Balaban J connectivity index is 1.76. The number of rotatable bonds is 3. The predicted molar refractivity (Wildman–Crippen MR) is 76.3 cm³/mol. The van der Waals surface area contributed by atoms with Crippen molar-refractivity contribution in [3.63, 3.8) is 0 Å². The molecule has 2 atom stereocenters. The summed E-state index contributed by atoms with van der Waals surface area (Å²) in [5.41, 5.74) is 7.27. The number of methoxy groups -OCH3 is 1. The van der Waals surface area contributed by atoms with E-state index in [1.165, 1.54) is 0 Å². The van der Waals surface area contributed by atoms with Gasteiger partial charge < -0.3 is 19.9 Å². The predicted octanol–water partition coefficient (Wildman–Crippen LogP) is 2.54. The molecule has 2 unspecified atom stereocenters. The first-order chi connectivity index (χ1) is 9.78. The fourth-order valence-electron chi connectivity index (χ4n) is 2.25. The second-order valence-corrected chi connectivity index (χ2v) is 4.71. The zero-order chi connectivity index (χ0) is 13.9. The number of ether oxygens (including phenoxy) is 3. The summed E-state index contributed by atoms with van der Waals surface area (Å²) in [6.07, 6.45) is -0.196. The summed E-state index contributed by atoms with van der Waals surface area (Å²) < 4.78 is 16.8. The molecule has 104 valence electrons. The molecule has 0 aliphatic carbocycles. The molecule has 4 nitrogen and oxygen atoms in total. The Kier molecular flexibility index (Phi) is 3.48. The lowest BCUT2D eigenvalue weighted by Gasteiger charge is -2.30. The monoisotopic (exact) mass is 271 g/mol. The molecule has 1 aliphatic heterocycles. The van der Waals surface area contributed by atoms with Crippen molar-refractivity contribution < 1.29 is 14.2 Å². The Morgan fingerprint density at radius 2 is 1.80 bits per heavy atom. The van der Waals surface area contributed by atoms with Crippen LogP contribution in [-0.4, -0.2) is 19.8 Å². The van der Waals surface area contributed by atoms with Crippen LogP contribution in [0.1, 0.15) is 11.6 Å². The molecule has 3 rings (SSSR count). The molecule has 0 fully saturated rings. The smallest absolute Gasteiger partial charge is 0.161 e. The van der Waals surface area contributed by atoms with Gasteiger partial charge in [-0.2, -0.15) is 0 Å². The zero-order valence-corrected chi connectivity index (χ0v) is 11.3. The number of benzene rings is 2. The Labute approximate surface area is 118 Å². The quantitative estimate of drug-likeness (QED) is 0.932. The van der Waals surface area contributed by atoms with E-state index in [1.807, 2.05) is 48.5 Å². The van der Waals surface area contributed by atoms with Crippen LogP contribution in [-0.2, 0) is 0 Å². The minimum absolute atomic E-state index is 0.196. The molecule has 0 bridgehead atoms. The fourth-order valence-corrected chi connectivity index (χ4v) is 2.25. The first kappa shape index (κ1) is 12.8. The van der Waals surface area contributed by atoms with Crippen molar-refractivity contribution in [3.8, 4) is 17.2 Å². The maximum atomic E-state index is 6.27. The Morgan fingerprint density at radius 3 is 2.50 bits per heavy atom. The number of para-hydroxylation sites is 2. The van der Waals surface area contributed by atoms with Gasteiger partial charge in [-0.15, -0.1) is 0 Å². The van der Waals surface area contributed by atoms with E-state index in [-0.39, 0.29) is 12.1 Å². The Bertz CT molecular complexity index is 583. The van der Waals surface area contributed by atoms with E-state index in [0.29, 0.717) is 6.61 Å². The third-order valence-corrected chi connectivity index (χ3v) is 3.43. The minimum atomic E-state index is -0.241. The van der Waals surface area contributed by atoms with Crippen molar-refractivity contribution in [2.24, 2.45) is 5.73 Å². The highest BCUT2D eigenvalue weighted by molar-refractivity contribution is 5.41. The minimum Gasteiger partial charge on any atom is -0.497 e. The van der Waals surface area contributed by atoms with Gasteiger partial charge in [0.05, 0.1) is 13.2 Å². The topological polar surface area (TPSA) is 53.7 Å². The van der Waals surface area contributed by atoms with Crippen molar-refractivity contribution in [3.05, 3.63) is 54.1 Å². The lowest BCUT2D eigenvalue weighted by Crippen LogP contribution is -2.38. The average Bonchev–Trinajstić information content (AvgIpc) is 2.54. The van der Waals surface area contributed by atoms with Crippen molar-refractivity contribution in [1.82, 2.24) is 0 Å². The number of nitrogens with two attached hydrogens (primary N) is 1. The molecule has 0 spiro atoms. The highest BCUT2D eigenvalue weighted by Gasteiger charge is 2.27. The van der Waals surface area contributed by atoms with E-state index >= 15 is 0 Å². The molecule has 20 heavy (non-hydrogen) atoms. The van der Waals surface area contributed by atoms with E-state index in [2.05, 4.69) is 0 Å². The van der Waals surface area contributed by atoms with Gasteiger partial charge in [-0.05, 0) is 29.8 Å². The first-order valence-electron chi connectivity index (χ1n) is 6.56. The van der Waals surface area contributed by atoms with E-state index in [1.54, 1.807) is 7.11 Å². The highest BCUT2D eigenvalue weighted by Crippen LogP contribution is 2.33. The lowest BCUT2D eigenvalue weighted by atomic mass is 10.0. The Morgan fingerprint density at radius 1 is 1.10 bits per heavy atom. The zero-order valence-electron chi connectivity index (χ0n) is 11.3. The summed E-state index contributed by atoms with van der Waals surface area (Å²) in [7, 11) is 1.64. The summed E-state index contributed by atoms with van der Waals surface area (Å²) in [5.74, 6) is 2.32. The fraction of sp³-hybridized carbons (Fsp3) is 0.250. The van der Waals surface area contributed by atoms with Crippen molar-refractivity contribution >= 4 is 0 Å². The largest absolute Gasteiger partial charge is 0.497 e. The van der Waals surface area contributed by atoms with Gasteiger partial charge in [0, 0.05) is 0 Å². The first-order valence-corrected chi connectivity index (χ1v) is 6.56. The van der Waals surface area contributed by atoms with Crippen LogP contribution >= 0.6 is 0 Å². The summed E-state index contributed by atoms with van der Waals surface area (Å²) in [5, 5.41) is 0. The summed E-state index contributed by atoms with van der Waals surface area (Å²) in [6, 6.07) is 15.1. The SMILES string of the molecule is COc1ccc(C(N)C2COc3ccccc3O2)cc1. The van der Waals surface area contributed by atoms with Crippen LogP contribution in [0.4, 0.5) is 0 Å². The van der Waals surface area contributed by atoms with Crippen molar-refractivity contribution in [1.29, 1.82) is 0 Å².